The van der Waals surface area contributed by atoms with Gasteiger partial charge in [-0.15, -0.1) is 0 Å². The second kappa shape index (κ2) is 1.18. The van der Waals surface area contributed by atoms with Gasteiger partial charge in [-0.05, 0) is 0 Å². The highest BCUT2D eigenvalue weighted by Gasteiger charge is 1.58. The number of nitro groups is 1. The van der Waals surface area contributed by atoms with Crippen LogP contribution in [0.4, 0.5) is 0 Å². The van der Waals surface area contributed by atoms with Crippen LogP contribution >= 0.6 is 9.39 Å². The maximum atomic E-state index is 8.77. The molecule has 0 aliphatic rings. The molecule has 24 valence electrons. The Balaban J connectivity index is 2.80. The first-order valence-electron chi connectivity index (χ1n) is 0.623. The Morgan fingerprint density at radius 2 is 2.00 bits per heavy atom. The summed E-state index contributed by atoms with van der Waals surface area (Å²) in [7, 11) is 1.38. The van der Waals surface area contributed by atoms with Gasteiger partial charge < -0.3 is 0 Å². The van der Waals surface area contributed by atoms with Crippen molar-refractivity contribution in [1.29, 1.82) is 0 Å². The third kappa shape index (κ3) is 43.6. The Morgan fingerprint density at radius 1 is 2.00 bits per heavy atom. The zero-order valence-corrected chi connectivity index (χ0v) is 3.00. The van der Waals surface area contributed by atoms with E-state index in [1.165, 1.54) is 9.39 Å². The van der Waals surface area contributed by atoms with Crippen LogP contribution < -0.4 is 0 Å². The third-order valence-electron chi connectivity index (χ3n) is 0. The van der Waals surface area contributed by atoms with Gasteiger partial charge in [0.05, 0.1) is 0 Å². The lowest BCUT2D eigenvalue weighted by Crippen LogP contribution is -1.64. The van der Waals surface area contributed by atoms with E-state index in [1.807, 2.05) is 0 Å². The van der Waals surface area contributed by atoms with Crippen molar-refractivity contribution >= 4 is 9.39 Å². The Morgan fingerprint density at radius 3 is 2.00 bits per heavy atom. The molecule has 4 heavy (non-hydrogen) atoms. The lowest BCUT2D eigenvalue weighted by Gasteiger charge is -1.62. The number of rotatable bonds is 0. The molecule has 0 N–H and O–H groups in total. The van der Waals surface area contributed by atoms with E-state index in [9.17, 15) is 0 Å². The second-order valence-corrected chi connectivity index (χ2v) is 0.707. The average Bonchev–Trinajstić information content (AvgIpc) is 0.811. The predicted octanol–water partition coefficient (Wildman–Crippen LogP) is 0.0532. The fourth-order valence-electron chi connectivity index (χ4n) is 0. The SMILES string of the molecule is O=[N+]([O-])P. The molecule has 0 bridgehead atoms. The molecule has 0 fully saturated rings. The quantitative estimate of drug-likeness (QED) is 0.234. The lowest BCUT2D eigenvalue weighted by atomic mass is 13.4. The highest BCUT2D eigenvalue weighted by atomic mass is 31.0. The highest BCUT2D eigenvalue weighted by Crippen LogP contribution is 1.72. The summed E-state index contributed by atoms with van der Waals surface area (Å²) in [6.45, 7) is 0. The summed E-state index contributed by atoms with van der Waals surface area (Å²) in [5, 5.41) is 8.77. The zero-order valence-electron chi connectivity index (χ0n) is 1.84. The molecule has 0 aliphatic carbocycles. The van der Waals surface area contributed by atoms with E-state index >= 15 is 0 Å². The molecule has 0 rings (SSSR count). The van der Waals surface area contributed by atoms with Gasteiger partial charge in [0.2, 0.25) is 9.39 Å². The summed E-state index contributed by atoms with van der Waals surface area (Å²) < 4.78 is -0.583. The van der Waals surface area contributed by atoms with Crippen molar-refractivity contribution in [3.05, 3.63) is 10.1 Å². The van der Waals surface area contributed by atoms with Gasteiger partial charge in [-0.25, -0.2) is 0 Å². The van der Waals surface area contributed by atoms with Crippen molar-refractivity contribution in [2.75, 3.05) is 0 Å². The molecule has 0 aromatic heterocycles. The van der Waals surface area contributed by atoms with Gasteiger partial charge in [0.15, 0.2) is 0 Å². The first-order chi connectivity index (χ1) is 1.73. The Hall–Kier alpha value is -0.170. The highest BCUT2D eigenvalue weighted by molar-refractivity contribution is 7.08. The van der Waals surface area contributed by atoms with Crippen LogP contribution in [-0.4, -0.2) is 4.69 Å². The fourth-order valence-corrected chi connectivity index (χ4v) is 0. The van der Waals surface area contributed by atoms with E-state index in [1.54, 1.807) is 0 Å². The van der Waals surface area contributed by atoms with E-state index in [2.05, 4.69) is 0 Å². The molecule has 0 aliphatic heterocycles. The average molecular weight is 79.0 g/mol. The number of nitrogens with zero attached hydrogens (tertiary/aromatic N) is 1. The molecule has 0 amide bonds. The Bertz CT molecular complexity index is 29.0. The summed E-state index contributed by atoms with van der Waals surface area (Å²) in [6, 6.07) is 0. The molecule has 0 saturated heterocycles. The number of hydrogen-bond acceptors (Lipinski definition) is 2. The van der Waals surface area contributed by atoms with Gasteiger partial charge in [0, 0.05) is 4.69 Å². The molecular formula is H2NO2P. The van der Waals surface area contributed by atoms with Crippen molar-refractivity contribution in [3.63, 3.8) is 0 Å². The van der Waals surface area contributed by atoms with Crippen LogP contribution in [0, 0.1) is 10.1 Å². The van der Waals surface area contributed by atoms with E-state index in [4.69, 9.17) is 10.1 Å². The van der Waals surface area contributed by atoms with E-state index in [0.717, 1.165) is 0 Å². The van der Waals surface area contributed by atoms with Crippen LogP contribution in [0.5, 0.6) is 0 Å². The van der Waals surface area contributed by atoms with Crippen LogP contribution in [0.3, 0.4) is 0 Å². The van der Waals surface area contributed by atoms with E-state index < -0.39 is 4.69 Å². The molecule has 4 heteroatoms. The largest absolute Gasteiger partial charge is 0.264 e. The molecule has 3 nitrogen and oxygen atoms in total. The van der Waals surface area contributed by atoms with Crippen molar-refractivity contribution in [2.24, 2.45) is 0 Å². The minimum atomic E-state index is -0.583. The third-order valence-corrected chi connectivity index (χ3v) is 0. The molecule has 0 aromatic carbocycles. The molecule has 0 aromatic rings. The zero-order chi connectivity index (χ0) is 3.58. The molecule has 0 heterocycles. The minimum absolute atomic E-state index is 0.583. The van der Waals surface area contributed by atoms with Crippen molar-refractivity contribution < 1.29 is 4.69 Å². The topological polar surface area (TPSA) is 43.1 Å². The van der Waals surface area contributed by atoms with Crippen LogP contribution in [0.2, 0.25) is 0 Å². The maximum absolute atomic E-state index is 8.77. The van der Waals surface area contributed by atoms with Gasteiger partial charge in [-0.1, -0.05) is 0 Å². The minimum Gasteiger partial charge on any atom is -0.264 e. The van der Waals surface area contributed by atoms with Gasteiger partial charge in [0.1, 0.15) is 0 Å². The summed E-state index contributed by atoms with van der Waals surface area (Å²) in [4.78, 5) is 8.77. The van der Waals surface area contributed by atoms with Crippen LogP contribution in [0.25, 0.3) is 0 Å². The van der Waals surface area contributed by atoms with Gasteiger partial charge in [-0.2, -0.15) is 0 Å². The Labute approximate surface area is 25.4 Å². The molecule has 0 spiro atoms. The Kier molecular flexibility index (Phi) is 1.13. The standard InChI is InChI=1S/H2NO2P/c2-1(3)4/h4H2. The first kappa shape index (κ1) is 3.83. The molecule has 0 radical (unpaired) electrons. The molecular weight excluding hydrogens is 77.0 g/mol. The van der Waals surface area contributed by atoms with E-state index in [-0.39, 0.29) is 0 Å². The number of hydrogen-bond donors (Lipinski definition) is 0. The fraction of sp³-hybridized carbons (Fsp3) is 0. The summed E-state index contributed by atoms with van der Waals surface area (Å²) >= 11 is 0. The molecule has 1 atom stereocenters. The second-order valence-electron chi connectivity index (χ2n) is 0.285. The van der Waals surface area contributed by atoms with Crippen molar-refractivity contribution in [1.82, 2.24) is 0 Å². The summed E-state index contributed by atoms with van der Waals surface area (Å²) in [5.41, 5.74) is 0. The monoisotopic (exact) mass is 79.0 g/mol. The van der Waals surface area contributed by atoms with Crippen LogP contribution in [-0.2, 0) is 0 Å². The molecule has 0 saturated carbocycles. The normalized spacial score (nSPS) is 6.25. The van der Waals surface area contributed by atoms with Crippen molar-refractivity contribution in [3.8, 4) is 0 Å². The van der Waals surface area contributed by atoms with Gasteiger partial charge >= 0.3 is 0 Å². The first-order valence-corrected chi connectivity index (χ1v) is 1.14. The summed E-state index contributed by atoms with van der Waals surface area (Å²) in [5.74, 6) is 0. The van der Waals surface area contributed by atoms with Crippen molar-refractivity contribution in [2.45, 2.75) is 0 Å². The van der Waals surface area contributed by atoms with Gasteiger partial charge in [0.25, 0.3) is 0 Å². The summed E-state index contributed by atoms with van der Waals surface area (Å²) in [6.07, 6.45) is 0. The predicted molar refractivity (Wildman–Crippen MR) is 16.7 cm³/mol. The smallest absolute Gasteiger partial charge is 0.223 e. The lowest BCUT2D eigenvalue weighted by molar-refractivity contribution is -0.288. The van der Waals surface area contributed by atoms with Crippen LogP contribution in [0.1, 0.15) is 0 Å². The van der Waals surface area contributed by atoms with E-state index in [0.29, 0.717) is 0 Å². The molecule has 1 unspecified atom stereocenters. The van der Waals surface area contributed by atoms with Gasteiger partial charge in [-0.3, -0.25) is 10.1 Å². The van der Waals surface area contributed by atoms with Crippen LogP contribution in [0.15, 0.2) is 0 Å². The maximum Gasteiger partial charge on any atom is 0.223 e.